The lowest BCUT2D eigenvalue weighted by molar-refractivity contribution is 0.0718. The molecule has 0 N–H and O–H groups in total. The molecule has 138 valence electrons. The molecule has 3 aromatic heterocycles. The molecule has 3 aromatic rings. The Kier molecular flexibility index (Phi) is 5.06. The van der Waals surface area contributed by atoms with E-state index in [0.717, 1.165) is 42.5 Å². The zero-order chi connectivity index (χ0) is 18.6. The molecule has 0 spiro atoms. The molecular weight excluding hydrogens is 360 g/mol. The van der Waals surface area contributed by atoms with Crippen LogP contribution in [0.5, 0.6) is 0 Å². The molecule has 27 heavy (non-hydrogen) atoms. The van der Waals surface area contributed by atoms with Gasteiger partial charge in [-0.05, 0) is 37.1 Å². The molecule has 7 nitrogen and oxygen atoms in total. The van der Waals surface area contributed by atoms with Crippen molar-refractivity contribution in [1.82, 2.24) is 25.1 Å². The minimum Gasteiger partial charge on any atom is -0.355 e. The van der Waals surface area contributed by atoms with Gasteiger partial charge in [-0.2, -0.15) is 5.10 Å². The minimum atomic E-state index is 0.0512. The summed E-state index contributed by atoms with van der Waals surface area (Å²) in [4.78, 5) is 26.2. The lowest BCUT2D eigenvalue weighted by Crippen LogP contribution is -2.45. The number of thiazole rings is 1. The van der Waals surface area contributed by atoms with Gasteiger partial charge in [0, 0.05) is 38.6 Å². The van der Waals surface area contributed by atoms with Crippen LogP contribution in [-0.2, 0) is 0 Å². The Bertz CT molecular complexity index is 893. The van der Waals surface area contributed by atoms with Crippen LogP contribution in [0.2, 0.25) is 0 Å². The number of nitrogens with zero attached hydrogens (tertiary/aromatic N) is 6. The lowest BCUT2D eigenvalue weighted by atomic mass is 10.0. The van der Waals surface area contributed by atoms with Crippen LogP contribution in [-0.4, -0.2) is 57.2 Å². The van der Waals surface area contributed by atoms with Crippen molar-refractivity contribution in [3.05, 3.63) is 53.8 Å². The molecular formula is C19H20N6OS. The average molecular weight is 380 g/mol. The standard InChI is InChI=1S/C19H20N6OS/c1-24(17-6-4-10-22-23-17)14-7-11-25(12-8-14)19(26)16-13-21-18(27-16)15-5-2-3-9-20-15/h2-6,9-10,13-14H,7-8,11-12H2,1H3. The Labute approximate surface area is 161 Å². The van der Waals surface area contributed by atoms with E-state index in [9.17, 15) is 4.79 Å². The fraction of sp³-hybridized carbons (Fsp3) is 0.316. The van der Waals surface area contributed by atoms with Gasteiger partial charge in [0.15, 0.2) is 5.82 Å². The summed E-state index contributed by atoms with van der Waals surface area (Å²) in [5.74, 6) is 0.917. The van der Waals surface area contributed by atoms with E-state index in [4.69, 9.17) is 0 Å². The fourth-order valence-corrected chi connectivity index (χ4v) is 4.12. The first-order valence-electron chi connectivity index (χ1n) is 8.89. The molecule has 0 bridgehead atoms. The van der Waals surface area contributed by atoms with Crippen molar-refractivity contribution in [3.8, 4) is 10.7 Å². The maximum absolute atomic E-state index is 12.8. The lowest BCUT2D eigenvalue weighted by Gasteiger charge is -2.36. The Balaban J connectivity index is 1.38. The first-order valence-corrected chi connectivity index (χ1v) is 9.71. The van der Waals surface area contributed by atoms with Crippen molar-refractivity contribution in [2.24, 2.45) is 0 Å². The molecule has 1 saturated heterocycles. The molecule has 8 heteroatoms. The largest absolute Gasteiger partial charge is 0.355 e. The van der Waals surface area contributed by atoms with Crippen molar-refractivity contribution < 1.29 is 4.79 Å². The van der Waals surface area contributed by atoms with E-state index in [1.165, 1.54) is 11.3 Å². The molecule has 0 saturated carbocycles. The molecule has 4 heterocycles. The van der Waals surface area contributed by atoms with Crippen LogP contribution in [0.15, 0.2) is 48.9 Å². The van der Waals surface area contributed by atoms with E-state index in [1.807, 2.05) is 42.3 Å². The molecule has 0 atom stereocenters. The zero-order valence-corrected chi connectivity index (χ0v) is 15.8. The maximum Gasteiger partial charge on any atom is 0.265 e. The third-order valence-electron chi connectivity index (χ3n) is 4.82. The van der Waals surface area contributed by atoms with Crippen molar-refractivity contribution in [2.45, 2.75) is 18.9 Å². The van der Waals surface area contributed by atoms with Gasteiger partial charge in [-0.3, -0.25) is 9.78 Å². The SMILES string of the molecule is CN(c1cccnn1)C1CCN(C(=O)c2cnc(-c3ccccn3)s2)CC1. The Morgan fingerprint density at radius 1 is 1.15 bits per heavy atom. The summed E-state index contributed by atoms with van der Waals surface area (Å²) in [6, 6.07) is 9.90. The van der Waals surface area contributed by atoms with Crippen molar-refractivity contribution in [1.29, 1.82) is 0 Å². The Morgan fingerprint density at radius 3 is 2.70 bits per heavy atom. The first kappa shape index (κ1) is 17.5. The first-order chi connectivity index (χ1) is 13.2. The van der Waals surface area contributed by atoms with Gasteiger partial charge in [-0.1, -0.05) is 6.07 Å². The van der Waals surface area contributed by atoms with Gasteiger partial charge in [0.2, 0.25) is 0 Å². The van der Waals surface area contributed by atoms with E-state index in [1.54, 1.807) is 18.6 Å². The summed E-state index contributed by atoms with van der Waals surface area (Å²) in [5.41, 5.74) is 0.797. The molecule has 1 amide bonds. The number of hydrogen-bond donors (Lipinski definition) is 0. The van der Waals surface area contributed by atoms with E-state index in [2.05, 4.69) is 25.1 Å². The summed E-state index contributed by atoms with van der Waals surface area (Å²) < 4.78 is 0. The Hall–Kier alpha value is -2.87. The average Bonchev–Trinajstić information content (AvgIpc) is 3.24. The summed E-state index contributed by atoms with van der Waals surface area (Å²) in [7, 11) is 2.04. The second kappa shape index (κ2) is 7.79. The third-order valence-corrected chi connectivity index (χ3v) is 5.83. The van der Waals surface area contributed by atoms with Crippen LogP contribution in [0.4, 0.5) is 5.82 Å². The van der Waals surface area contributed by atoms with Crippen molar-refractivity contribution in [3.63, 3.8) is 0 Å². The number of pyridine rings is 1. The molecule has 4 rings (SSSR count). The van der Waals surface area contributed by atoms with E-state index in [-0.39, 0.29) is 5.91 Å². The van der Waals surface area contributed by atoms with Crippen LogP contribution in [0, 0.1) is 0 Å². The fourth-order valence-electron chi connectivity index (χ4n) is 3.26. The van der Waals surface area contributed by atoms with Gasteiger partial charge in [0.1, 0.15) is 9.88 Å². The zero-order valence-electron chi connectivity index (χ0n) is 15.0. The van der Waals surface area contributed by atoms with Crippen molar-refractivity contribution >= 4 is 23.1 Å². The number of amides is 1. The second-order valence-electron chi connectivity index (χ2n) is 6.46. The predicted molar refractivity (Wildman–Crippen MR) is 105 cm³/mol. The van der Waals surface area contributed by atoms with Gasteiger partial charge >= 0.3 is 0 Å². The molecule has 1 aliphatic rings. The topological polar surface area (TPSA) is 75.1 Å². The number of carbonyl (C=O) groups excluding carboxylic acids is 1. The maximum atomic E-state index is 12.8. The van der Waals surface area contributed by atoms with E-state index >= 15 is 0 Å². The normalized spacial score (nSPS) is 14.9. The smallest absolute Gasteiger partial charge is 0.265 e. The molecule has 0 aliphatic carbocycles. The van der Waals surface area contributed by atoms with Crippen LogP contribution < -0.4 is 4.90 Å². The number of carbonyl (C=O) groups is 1. The molecule has 1 fully saturated rings. The van der Waals surface area contributed by atoms with E-state index in [0.29, 0.717) is 10.9 Å². The highest BCUT2D eigenvalue weighted by atomic mass is 32.1. The number of anilines is 1. The molecule has 0 aromatic carbocycles. The highest BCUT2D eigenvalue weighted by Crippen LogP contribution is 2.26. The summed E-state index contributed by atoms with van der Waals surface area (Å²) in [6.07, 6.45) is 6.88. The van der Waals surface area contributed by atoms with E-state index < -0.39 is 0 Å². The monoisotopic (exact) mass is 380 g/mol. The number of hydrogen-bond acceptors (Lipinski definition) is 7. The Morgan fingerprint density at radius 2 is 2.00 bits per heavy atom. The quantitative estimate of drug-likeness (QED) is 0.693. The summed E-state index contributed by atoms with van der Waals surface area (Å²) in [6.45, 7) is 1.45. The highest BCUT2D eigenvalue weighted by Gasteiger charge is 2.27. The number of aromatic nitrogens is 4. The van der Waals surface area contributed by atoms with Gasteiger partial charge < -0.3 is 9.80 Å². The third kappa shape index (κ3) is 3.80. The number of rotatable bonds is 4. The molecule has 0 unspecified atom stereocenters. The predicted octanol–water partition coefficient (Wildman–Crippen LogP) is 2.74. The van der Waals surface area contributed by atoms with Crippen LogP contribution >= 0.6 is 11.3 Å². The highest BCUT2D eigenvalue weighted by molar-refractivity contribution is 7.16. The van der Waals surface area contributed by atoms with Gasteiger partial charge in [0.05, 0.1) is 11.9 Å². The van der Waals surface area contributed by atoms with Gasteiger partial charge in [-0.15, -0.1) is 16.4 Å². The van der Waals surface area contributed by atoms with Crippen LogP contribution in [0.3, 0.4) is 0 Å². The van der Waals surface area contributed by atoms with Crippen molar-refractivity contribution in [2.75, 3.05) is 25.0 Å². The molecule has 1 aliphatic heterocycles. The minimum absolute atomic E-state index is 0.0512. The number of piperidine rings is 1. The van der Waals surface area contributed by atoms with Crippen LogP contribution in [0.25, 0.3) is 10.7 Å². The second-order valence-corrected chi connectivity index (χ2v) is 7.49. The summed E-state index contributed by atoms with van der Waals surface area (Å²) in [5, 5.41) is 8.89. The number of likely N-dealkylation sites (tertiary alicyclic amines) is 1. The van der Waals surface area contributed by atoms with Gasteiger partial charge in [0.25, 0.3) is 5.91 Å². The van der Waals surface area contributed by atoms with Crippen LogP contribution in [0.1, 0.15) is 22.5 Å². The summed E-state index contributed by atoms with van der Waals surface area (Å²) >= 11 is 1.40. The van der Waals surface area contributed by atoms with Gasteiger partial charge in [-0.25, -0.2) is 4.98 Å². The molecule has 0 radical (unpaired) electrons.